The summed E-state index contributed by atoms with van der Waals surface area (Å²) < 4.78 is 37.4. The van der Waals surface area contributed by atoms with E-state index in [9.17, 15) is 13.2 Å². The van der Waals surface area contributed by atoms with Gasteiger partial charge in [0.05, 0.1) is 5.56 Å². The molecule has 4 heteroatoms. The van der Waals surface area contributed by atoms with Gasteiger partial charge >= 0.3 is 6.18 Å². The summed E-state index contributed by atoms with van der Waals surface area (Å²) in [6.45, 7) is 0. The Bertz CT molecular complexity index is 375. The standard InChI is InChI=1S/C14H18F3N/c1-18-13-8-4-11(5-9-13)10-2-6-12(7-3-10)14(15,16)17/h2-3,6-7,11,13,18H,4-5,8-9H2,1H3. The van der Waals surface area contributed by atoms with E-state index in [1.54, 1.807) is 12.1 Å². The smallest absolute Gasteiger partial charge is 0.317 e. The molecule has 2 rings (SSSR count). The van der Waals surface area contributed by atoms with E-state index in [2.05, 4.69) is 5.32 Å². The van der Waals surface area contributed by atoms with Gasteiger partial charge in [0.25, 0.3) is 0 Å². The van der Waals surface area contributed by atoms with E-state index in [0.29, 0.717) is 12.0 Å². The zero-order valence-electron chi connectivity index (χ0n) is 10.4. The molecule has 1 aliphatic carbocycles. The molecule has 0 unspecified atom stereocenters. The number of rotatable bonds is 2. The molecule has 1 N–H and O–H groups in total. The molecular weight excluding hydrogens is 239 g/mol. The summed E-state index contributed by atoms with van der Waals surface area (Å²) in [5, 5.41) is 3.26. The molecule has 0 aromatic heterocycles. The first-order chi connectivity index (χ1) is 8.50. The van der Waals surface area contributed by atoms with Gasteiger partial charge < -0.3 is 5.32 Å². The summed E-state index contributed by atoms with van der Waals surface area (Å²) in [5.41, 5.74) is 0.479. The van der Waals surface area contributed by atoms with Gasteiger partial charge in [0.15, 0.2) is 0 Å². The minimum absolute atomic E-state index is 0.414. The lowest BCUT2D eigenvalue weighted by Gasteiger charge is -2.28. The zero-order chi connectivity index (χ0) is 13.2. The van der Waals surface area contributed by atoms with Gasteiger partial charge in [-0.3, -0.25) is 0 Å². The van der Waals surface area contributed by atoms with Crippen molar-refractivity contribution in [3.8, 4) is 0 Å². The maximum absolute atomic E-state index is 12.5. The van der Waals surface area contributed by atoms with Gasteiger partial charge in [-0.15, -0.1) is 0 Å². The summed E-state index contributed by atoms with van der Waals surface area (Å²) in [5.74, 6) is 0.414. The number of hydrogen-bond donors (Lipinski definition) is 1. The number of benzene rings is 1. The van der Waals surface area contributed by atoms with Crippen molar-refractivity contribution in [2.45, 2.75) is 43.8 Å². The Morgan fingerprint density at radius 3 is 2.00 bits per heavy atom. The third-order valence-electron chi connectivity index (χ3n) is 3.84. The first kappa shape index (κ1) is 13.4. The fourth-order valence-corrected chi connectivity index (χ4v) is 2.66. The number of halogens is 3. The van der Waals surface area contributed by atoms with Gasteiger partial charge in [-0.1, -0.05) is 12.1 Å². The molecule has 0 bridgehead atoms. The maximum atomic E-state index is 12.5. The van der Waals surface area contributed by atoms with Crippen LogP contribution in [0.2, 0.25) is 0 Å². The van der Waals surface area contributed by atoms with E-state index in [0.717, 1.165) is 31.2 Å². The average Bonchev–Trinajstić information content (AvgIpc) is 2.38. The van der Waals surface area contributed by atoms with Crippen LogP contribution in [0.15, 0.2) is 24.3 Å². The fourth-order valence-electron chi connectivity index (χ4n) is 2.66. The van der Waals surface area contributed by atoms with Crippen molar-refractivity contribution in [3.05, 3.63) is 35.4 Å². The molecule has 1 nitrogen and oxygen atoms in total. The lowest BCUT2D eigenvalue weighted by atomic mass is 9.81. The Hall–Kier alpha value is -1.03. The fraction of sp³-hybridized carbons (Fsp3) is 0.571. The maximum Gasteiger partial charge on any atom is 0.416 e. The molecule has 0 amide bonds. The van der Waals surface area contributed by atoms with Crippen molar-refractivity contribution < 1.29 is 13.2 Å². The second-order valence-corrected chi connectivity index (χ2v) is 4.96. The van der Waals surface area contributed by atoms with Gasteiger partial charge in [0.1, 0.15) is 0 Å². The van der Waals surface area contributed by atoms with Crippen LogP contribution in [0, 0.1) is 0 Å². The van der Waals surface area contributed by atoms with Crippen LogP contribution in [0.3, 0.4) is 0 Å². The van der Waals surface area contributed by atoms with Crippen LogP contribution in [0.4, 0.5) is 13.2 Å². The topological polar surface area (TPSA) is 12.0 Å². The van der Waals surface area contributed by atoms with E-state index in [1.807, 2.05) is 7.05 Å². The van der Waals surface area contributed by atoms with Crippen LogP contribution in [0.1, 0.15) is 42.7 Å². The quantitative estimate of drug-likeness (QED) is 0.845. The molecule has 0 saturated heterocycles. The number of nitrogens with one attached hydrogen (secondary N) is 1. The molecule has 0 radical (unpaired) electrons. The molecule has 100 valence electrons. The van der Waals surface area contributed by atoms with E-state index in [-0.39, 0.29) is 0 Å². The molecule has 1 fully saturated rings. The molecule has 1 saturated carbocycles. The first-order valence-corrected chi connectivity index (χ1v) is 6.35. The van der Waals surface area contributed by atoms with E-state index in [1.165, 1.54) is 12.1 Å². The van der Waals surface area contributed by atoms with E-state index < -0.39 is 11.7 Å². The summed E-state index contributed by atoms with van der Waals surface area (Å²) in [7, 11) is 1.96. The van der Waals surface area contributed by atoms with Crippen molar-refractivity contribution in [3.63, 3.8) is 0 Å². The van der Waals surface area contributed by atoms with Crippen LogP contribution in [-0.2, 0) is 6.18 Å². The highest BCUT2D eigenvalue weighted by Crippen LogP contribution is 2.35. The van der Waals surface area contributed by atoms with Crippen molar-refractivity contribution in [2.24, 2.45) is 0 Å². The third-order valence-corrected chi connectivity index (χ3v) is 3.84. The zero-order valence-corrected chi connectivity index (χ0v) is 10.4. The molecule has 1 aliphatic rings. The van der Waals surface area contributed by atoms with Gasteiger partial charge in [-0.25, -0.2) is 0 Å². The van der Waals surface area contributed by atoms with Gasteiger partial charge in [0, 0.05) is 6.04 Å². The largest absolute Gasteiger partial charge is 0.416 e. The van der Waals surface area contributed by atoms with Crippen molar-refractivity contribution in [1.82, 2.24) is 5.32 Å². The lowest BCUT2D eigenvalue weighted by Crippen LogP contribution is -2.29. The summed E-state index contributed by atoms with van der Waals surface area (Å²) in [6.07, 6.45) is 0.0699. The minimum Gasteiger partial charge on any atom is -0.317 e. The highest BCUT2D eigenvalue weighted by Gasteiger charge is 2.30. The van der Waals surface area contributed by atoms with Gasteiger partial charge in [-0.05, 0) is 56.3 Å². The number of hydrogen-bond acceptors (Lipinski definition) is 1. The van der Waals surface area contributed by atoms with Crippen molar-refractivity contribution >= 4 is 0 Å². The molecule has 18 heavy (non-hydrogen) atoms. The van der Waals surface area contributed by atoms with Crippen LogP contribution in [0.25, 0.3) is 0 Å². The van der Waals surface area contributed by atoms with Gasteiger partial charge in [0.2, 0.25) is 0 Å². The molecule has 0 atom stereocenters. The Morgan fingerprint density at radius 2 is 1.56 bits per heavy atom. The molecule has 0 spiro atoms. The van der Waals surface area contributed by atoms with Crippen molar-refractivity contribution in [2.75, 3.05) is 7.05 Å². The Kier molecular flexibility index (Phi) is 3.95. The SMILES string of the molecule is CNC1CCC(c2ccc(C(F)(F)F)cc2)CC1. The summed E-state index contributed by atoms with van der Waals surface area (Å²) >= 11 is 0. The summed E-state index contributed by atoms with van der Waals surface area (Å²) in [6, 6.07) is 6.22. The van der Waals surface area contributed by atoms with Crippen LogP contribution in [0.5, 0.6) is 0 Å². The van der Waals surface area contributed by atoms with Crippen LogP contribution in [-0.4, -0.2) is 13.1 Å². The molecular formula is C14H18F3N. The molecule has 1 aromatic carbocycles. The van der Waals surface area contributed by atoms with E-state index >= 15 is 0 Å². The van der Waals surface area contributed by atoms with Crippen LogP contribution < -0.4 is 5.32 Å². The second kappa shape index (κ2) is 5.31. The third kappa shape index (κ3) is 3.05. The Morgan fingerprint density at radius 1 is 1.00 bits per heavy atom. The van der Waals surface area contributed by atoms with Gasteiger partial charge in [-0.2, -0.15) is 13.2 Å². The molecule has 1 aromatic rings. The second-order valence-electron chi connectivity index (χ2n) is 4.96. The summed E-state index contributed by atoms with van der Waals surface area (Å²) in [4.78, 5) is 0. The normalized spacial score (nSPS) is 25.1. The van der Waals surface area contributed by atoms with Crippen LogP contribution >= 0.6 is 0 Å². The van der Waals surface area contributed by atoms with E-state index in [4.69, 9.17) is 0 Å². The predicted octanol–water partition coefficient (Wildman–Crippen LogP) is 3.95. The Labute approximate surface area is 105 Å². The van der Waals surface area contributed by atoms with Crippen molar-refractivity contribution in [1.29, 1.82) is 0 Å². The molecule has 0 aliphatic heterocycles. The highest BCUT2D eigenvalue weighted by atomic mass is 19.4. The lowest BCUT2D eigenvalue weighted by molar-refractivity contribution is -0.137. The average molecular weight is 257 g/mol. The first-order valence-electron chi connectivity index (χ1n) is 6.35. The monoisotopic (exact) mass is 257 g/mol. The highest BCUT2D eigenvalue weighted by molar-refractivity contribution is 5.27. The number of alkyl halides is 3. The predicted molar refractivity (Wildman–Crippen MR) is 65.5 cm³/mol. The Balaban J connectivity index is 2.02. The minimum atomic E-state index is -4.23. The molecule has 0 heterocycles.